The monoisotopic (exact) mass is 248 g/mol. The third-order valence-electron chi connectivity index (χ3n) is 3.33. The predicted octanol–water partition coefficient (Wildman–Crippen LogP) is -0.0354. The second-order valence-corrected chi connectivity index (χ2v) is 6.53. The zero-order chi connectivity index (χ0) is 11.6. The highest BCUT2D eigenvalue weighted by molar-refractivity contribution is 7.89. The summed E-state index contributed by atoms with van der Waals surface area (Å²) in [4.78, 5) is 0. The topological polar surface area (TPSA) is 81.4 Å². The van der Waals surface area contributed by atoms with Crippen LogP contribution in [0.4, 0.5) is 0 Å². The molecule has 0 bridgehead atoms. The van der Waals surface area contributed by atoms with E-state index in [-0.39, 0.29) is 23.9 Å². The van der Waals surface area contributed by atoms with Crippen molar-refractivity contribution in [1.82, 2.24) is 4.72 Å². The Morgan fingerprint density at radius 3 is 2.62 bits per heavy atom. The fourth-order valence-corrected chi connectivity index (χ4v) is 4.04. The molecular formula is C10H20N2O3S. The maximum absolute atomic E-state index is 11.8. The average molecular weight is 248 g/mol. The van der Waals surface area contributed by atoms with Gasteiger partial charge in [-0.15, -0.1) is 0 Å². The lowest BCUT2D eigenvalue weighted by molar-refractivity contribution is 0.127. The molecule has 0 radical (unpaired) electrons. The van der Waals surface area contributed by atoms with Crippen LogP contribution in [-0.4, -0.2) is 39.0 Å². The van der Waals surface area contributed by atoms with E-state index in [1.165, 1.54) is 0 Å². The van der Waals surface area contributed by atoms with Crippen molar-refractivity contribution in [3.63, 3.8) is 0 Å². The minimum absolute atomic E-state index is 0.0285. The molecule has 0 aromatic carbocycles. The normalized spacial score (nSPS) is 35.7. The molecule has 1 saturated carbocycles. The van der Waals surface area contributed by atoms with E-state index in [1.54, 1.807) is 0 Å². The highest BCUT2D eigenvalue weighted by Gasteiger charge is 2.30. The van der Waals surface area contributed by atoms with Gasteiger partial charge in [0.15, 0.2) is 0 Å². The Bertz CT molecular complexity index is 325. The lowest BCUT2D eigenvalue weighted by Crippen LogP contribution is -2.46. The van der Waals surface area contributed by atoms with Crippen molar-refractivity contribution in [2.75, 3.05) is 12.4 Å². The van der Waals surface area contributed by atoms with Gasteiger partial charge in [0, 0.05) is 18.7 Å². The van der Waals surface area contributed by atoms with E-state index >= 15 is 0 Å². The molecular weight excluding hydrogens is 228 g/mol. The van der Waals surface area contributed by atoms with Gasteiger partial charge in [-0.05, 0) is 25.7 Å². The molecule has 6 heteroatoms. The molecule has 1 heterocycles. The van der Waals surface area contributed by atoms with Gasteiger partial charge in [0.05, 0.1) is 11.9 Å². The Balaban J connectivity index is 1.86. The van der Waals surface area contributed by atoms with Crippen LogP contribution in [0.3, 0.4) is 0 Å². The summed E-state index contributed by atoms with van der Waals surface area (Å²) in [6, 6.07) is -0.106. The first-order chi connectivity index (χ1) is 7.57. The molecule has 5 nitrogen and oxygen atoms in total. The number of hydrogen-bond acceptors (Lipinski definition) is 4. The van der Waals surface area contributed by atoms with Crippen LogP contribution in [0.1, 0.15) is 32.1 Å². The summed E-state index contributed by atoms with van der Waals surface area (Å²) in [6.45, 7) is 0.684. The van der Waals surface area contributed by atoms with Crippen molar-refractivity contribution in [3.8, 4) is 0 Å². The lowest BCUT2D eigenvalue weighted by Gasteiger charge is -2.18. The first kappa shape index (κ1) is 12.3. The predicted molar refractivity (Wildman–Crippen MR) is 61.5 cm³/mol. The molecule has 3 N–H and O–H groups in total. The highest BCUT2D eigenvalue weighted by atomic mass is 32.2. The molecule has 2 fully saturated rings. The van der Waals surface area contributed by atoms with Crippen LogP contribution in [0.15, 0.2) is 0 Å². The third kappa shape index (κ3) is 3.16. The first-order valence-corrected chi connectivity index (χ1v) is 7.59. The van der Waals surface area contributed by atoms with Gasteiger partial charge in [0.25, 0.3) is 0 Å². The Morgan fingerprint density at radius 1 is 1.25 bits per heavy atom. The summed E-state index contributed by atoms with van der Waals surface area (Å²) in [5.41, 5.74) is 5.84. The summed E-state index contributed by atoms with van der Waals surface area (Å²) < 4.78 is 31.7. The first-order valence-electron chi connectivity index (χ1n) is 5.94. The van der Waals surface area contributed by atoms with Gasteiger partial charge in [-0.3, -0.25) is 0 Å². The number of ether oxygens (including phenoxy) is 1. The van der Waals surface area contributed by atoms with Gasteiger partial charge < -0.3 is 10.5 Å². The van der Waals surface area contributed by atoms with Crippen LogP contribution in [0.5, 0.6) is 0 Å². The van der Waals surface area contributed by atoms with E-state index < -0.39 is 10.0 Å². The molecule has 3 atom stereocenters. The van der Waals surface area contributed by atoms with Gasteiger partial charge in [0.2, 0.25) is 10.0 Å². The van der Waals surface area contributed by atoms with E-state index in [2.05, 4.69) is 4.72 Å². The van der Waals surface area contributed by atoms with Crippen LogP contribution >= 0.6 is 0 Å². The Hall–Kier alpha value is -0.170. The Morgan fingerprint density at radius 2 is 2.06 bits per heavy atom. The fourth-order valence-electron chi connectivity index (χ4n) is 2.43. The van der Waals surface area contributed by atoms with Gasteiger partial charge in [0.1, 0.15) is 0 Å². The smallest absolute Gasteiger partial charge is 0.214 e. The summed E-state index contributed by atoms with van der Waals surface area (Å²) in [5.74, 6) is 0.0796. The Labute approximate surface area is 96.8 Å². The van der Waals surface area contributed by atoms with Crippen LogP contribution in [0.25, 0.3) is 0 Å². The summed E-state index contributed by atoms with van der Waals surface area (Å²) in [7, 11) is -3.24. The van der Waals surface area contributed by atoms with E-state index in [9.17, 15) is 8.42 Å². The zero-order valence-corrected chi connectivity index (χ0v) is 10.2. The molecule has 0 aromatic heterocycles. The Kier molecular flexibility index (Phi) is 3.84. The fraction of sp³-hybridized carbons (Fsp3) is 1.00. The number of nitrogens with two attached hydrogens (primary N) is 1. The molecule has 0 amide bonds. The zero-order valence-electron chi connectivity index (χ0n) is 9.39. The van der Waals surface area contributed by atoms with Crippen molar-refractivity contribution in [2.24, 2.45) is 5.73 Å². The minimum Gasteiger partial charge on any atom is -0.377 e. The van der Waals surface area contributed by atoms with Crippen molar-refractivity contribution < 1.29 is 13.2 Å². The standard InChI is InChI=1S/C10H20N2O3S/c11-9-4-1-5-10(9)12-16(13,14)7-8-3-2-6-15-8/h8-10,12H,1-7,11H2. The van der Waals surface area contributed by atoms with Crippen LogP contribution in [0, 0.1) is 0 Å². The molecule has 3 unspecified atom stereocenters. The molecule has 94 valence electrons. The number of sulfonamides is 1. The second-order valence-electron chi connectivity index (χ2n) is 4.74. The quantitative estimate of drug-likeness (QED) is 0.731. The van der Waals surface area contributed by atoms with Crippen LogP contribution in [-0.2, 0) is 14.8 Å². The molecule has 2 rings (SSSR count). The van der Waals surface area contributed by atoms with Crippen molar-refractivity contribution in [1.29, 1.82) is 0 Å². The molecule has 0 spiro atoms. The summed E-state index contributed by atoms with van der Waals surface area (Å²) in [6.07, 6.45) is 4.45. The molecule has 1 aliphatic heterocycles. The largest absolute Gasteiger partial charge is 0.377 e. The molecule has 0 aromatic rings. The maximum atomic E-state index is 11.8. The summed E-state index contributed by atoms with van der Waals surface area (Å²) >= 11 is 0. The van der Waals surface area contributed by atoms with E-state index in [1.807, 2.05) is 0 Å². The second kappa shape index (κ2) is 5.00. The van der Waals surface area contributed by atoms with Gasteiger partial charge >= 0.3 is 0 Å². The molecule has 1 saturated heterocycles. The molecule has 2 aliphatic rings. The van der Waals surface area contributed by atoms with Crippen LogP contribution in [0.2, 0.25) is 0 Å². The highest BCUT2D eigenvalue weighted by Crippen LogP contribution is 2.19. The van der Waals surface area contributed by atoms with Crippen molar-refractivity contribution in [3.05, 3.63) is 0 Å². The van der Waals surface area contributed by atoms with Gasteiger partial charge in [-0.25, -0.2) is 13.1 Å². The van der Waals surface area contributed by atoms with E-state index in [0.717, 1.165) is 32.1 Å². The maximum Gasteiger partial charge on any atom is 0.214 e. The van der Waals surface area contributed by atoms with Gasteiger partial charge in [-0.1, -0.05) is 6.42 Å². The average Bonchev–Trinajstić information content (AvgIpc) is 2.78. The number of hydrogen-bond donors (Lipinski definition) is 2. The lowest BCUT2D eigenvalue weighted by atomic mass is 10.2. The van der Waals surface area contributed by atoms with Crippen LogP contribution < -0.4 is 10.5 Å². The number of rotatable bonds is 4. The SMILES string of the molecule is NC1CCCC1NS(=O)(=O)CC1CCCO1. The minimum atomic E-state index is -3.24. The summed E-state index contributed by atoms with van der Waals surface area (Å²) in [5, 5.41) is 0. The van der Waals surface area contributed by atoms with Crippen molar-refractivity contribution >= 4 is 10.0 Å². The van der Waals surface area contributed by atoms with E-state index in [4.69, 9.17) is 10.5 Å². The third-order valence-corrected chi connectivity index (χ3v) is 4.80. The van der Waals surface area contributed by atoms with Crippen molar-refractivity contribution in [2.45, 2.75) is 50.3 Å². The molecule has 1 aliphatic carbocycles. The van der Waals surface area contributed by atoms with Gasteiger partial charge in [-0.2, -0.15) is 0 Å². The number of nitrogens with one attached hydrogen (secondary N) is 1. The van der Waals surface area contributed by atoms with E-state index in [0.29, 0.717) is 6.61 Å². The molecule has 16 heavy (non-hydrogen) atoms.